The Morgan fingerprint density at radius 3 is 2.59 bits per heavy atom. The van der Waals surface area contributed by atoms with Crippen molar-refractivity contribution in [3.05, 3.63) is 17.1 Å². The number of hydrogen-bond acceptors (Lipinski definition) is 7. The largest absolute Gasteiger partial charge is 0.384 e. The number of aromatic nitrogens is 3. The molecule has 4 rings (SSSR count). The van der Waals surface area contributed by atoms with E-state index in [1.54, 1.807) is 11.4 Å². The molecule has 2 aromatic heterocycles. The van der Waals surface area contributed by atoms with Gasteiger partial charge in [-0.15, -0.1) is 0 Å². The molecule has 1 fully saturated rings. The van der Waals surface area contributed by atoms with E-state index in [1.165, 1.54) is 5.56 Å². The van der Waals surface area contributed by atoms with Crippen LogP contribution in [-0.2, 0) is 40.8 Å². The van der Waals surface area contributed by atoms with Crippen molar-refractivity contribution in [3.63, 3.8) is 0 Å². The van der Waals surface area contributed by atoms with Gasteiger partial charge in [0.1, 0.15) is 11.3 Å². The Morgan fingerprint density at radius 1 is 1.09 bits per heavy atom. The van der Waals surface area contributed by atoms with Crippen molar-refractivity contribution >= 4 is 27.1 Å². The molecule has 11 heteroatoms. The van der Waals surface area contributed by atoms with Crippen LogP contribution in [0.15, 0.2) is 0 Å². The van der Waals surface area contributed by atoms with Crippen LogP contribution in [0.25, 0.3) is 11.0 Å². The average Bonchev–Trinajstić information content (AvgIpc) is 3.22. The predicted octanol–water partition coefficient (Wildman–Crippen LogP) is 1.33. The summed E-state index contributed by atoms with van der Waals surface area (Å²) in [6.45, 7) is 7.52. The number of rotatable bonds is 11. The smallest absolute Gasteiger partial charge is 0.279 e. The Balaban J connectivity index is 1.41. The van der Waals surface area contributed by atoms with Gasteiger partial charge in [0.15, 0.2) is 5.82 Å². The molecule has 0 amide bonds. The molecule has 190 valence electrons. The number of nitrogens with zero attached hydrogens (tertiary/aromatic N) is 5. The highest BCUT2D eigenvalue weighted by Crippen LogP contribution is 2.32. The van der Waals surface area contributed by atoms with Crippen molar-refractivity contribution in [1.82, 2.24) is 28.5 Å². The van der Waals surface area contributed by atoms with E-state index in [1.807, 2.05) is 0 Å². The summed E-state index contributed by atoms with van der Waals surface area (Å²) in [4.78, 5) is 11.8. The number of anilines is 1. The lowest BCUT2D eigenvalue weighted by Gasteiger charge is -2.33. The summed E-state index contributed by atoms with van der Waals surface area (Å²) in [5, 5.41) is 0. The van der Waals surface area contributed by atoms with Crippen molar-refractivity contribution in [3.8, 4) is 0 Å². The van der Waals surface area contributed by atoms with Crippen molar-refractivity contribution < 1.29 is 13.2 Å². The minimum Gasteiger partial charge on any atom is -0.384 e. The van der Waals surface area contributed by atoms with Crippen molar-refractivity contribution in [2.75, 3.05) is 58.7 Å². The first-order valence-corrected chi connectivity index (χ1v) is 14.0. The lowest BCUT2D eigenvalue weighted by atomic mass is 9.95. The second-order valence-corrected chi connectivity index (χ2v) is 10.9. The minimum atomic E-state index is -3.43. The lowest BCUT2D eigenvalue weighted by Crippen LogP contribution is -2.51. The van der Waals surface area contributed by atoms with Gasteiger partial charge < -0.3 is 19.9 Å². The number of likely N-dealkylation sites (N-methyl/N-ethyl adjacent to an activating group) is 1. The summed E-state index contributed by atoms with van der Waals surface area (Å²) in [5.41, 5.74) is 10.6. The highest BCUT2D eigenvalue weighted by atomic mass is 32.2. The second-order valence-electron chi connectivity index (χ2n) is 9.19. The summed E-state index contributed by atoms with van der Waals surface area (Å²) >= 11 is 0. The fraction of sp³-hybridized carbons (Fsp3) is 0.739. The van der Waals surface area contributed by atoms with Crippen LogP contribution in [0.4, 0.5) is 5.82 Å². The first kappa shape index (κ1) is 25.3. The molecule has 0 radical (unpaired) electrons. The maximum Gasteiger partial charge on any atom is 0.279 e. The summed E-state index contributed by atoms with van der Waals surface area (Å²) in [5.74, 6) is 1.46. The molecular formula is C23H39N7O3S. The summed E-state index contributed by atoms with van der Waals surface area (Å²) in [6.07, 6.45) is 6.55. The monoisotopic (exact) mass is 493 g/mol. The summed E-state index contributed by atoms with van der Waals surface area (Å²) in [7, 11) is -1.73. The van der Waals surface area contributed by atoms with Crippen LogP contribution < -0.4 is 10.5 Å². The Morgan fingerprint density at radius 2 is 1.85 bits per heavy atom. The zero-order valence-electron chi connectivity index (χ0n) is 20.6. The minimum absolute atomic E-state index is 0.429. The number of pyridine rings is 1. The molecule has 34 heavy (non-hydrogen) atoms. The van der Waals surface area contributed by atoms with Gasteiger partial charge in [0.25, 0.3) is 10.2 Å². The van der Waals surface area contributed by atoms with Crippen molar-refractivity contribution in [2.45, 2.75) is 58.4 Å². The first-order valence-electron chi connectivity index (χ1n) is 12.6. The molecule has 2 aliphatic rings. The molecule has 1 saturated heterocycles. The van der Waals surface area contributed by atoms with E-state index in [4.69, 9.17) is 15.5 Å². The van der Waals surface area contributed by atoms with Crippen LogP contribution in [0.2, 0.25) is 0 Å². The Hall–Kier alpha value is -1.79. The number of nitrogens with one attached hydrogen (secondary N) is 1. The molecular weight excluding hydrogens is 454 g/mol. The van der Waals surface area contributed by atoms with E-state index in [9.17, 15) is 8.42 Å². The lowest BCUT2D eigenvalue weighted by molar-refractivity contribution is 0.195. The molecule has 0 atom stereocenters. The number of methoxy groups -OCH3 is 1. The molecule has 1 aliphatic heterocycles. The van der Waals surface area contributed by atoms with Crippen LogP contribution in [0, 0.1) is 0 Å². The number of aryl methyl sites for hydroxylation is 3. The molecule has 0 unspecified atom stereocenters. The molecule has 1 aliphatic carbocycles. The number of piperazine rings is 1. The molecule has 10 nitrogen and oxygen atoms in total. The molecule has 0 bridgehead atoms. The quantitative estimate of drug-likeness (QED) is 0.453. The van der Waals surface area contributed by atoms with Gasteiger partial charge in [-0.05, 0) is 50.6 Å². The molecule has 0 aromatic carbocycles. The Labute approximate surface area is 203 Å². The Bertz CT molecular complexity index is 1080. The number of hydrogen-bond donors (Lipinski definition) is 2. The van der Waals surface area contributed by atoms with E-state index in [0.29, 0.717) is 38.5 Å². The van der Waals surface area contributed by atoms with Crippen LogP contribution in [0.1, 0.15) is 49.7 Å². The maximum absolute atomic E-state index is 12.7. The second kappa shape index (κ2) is 11.3. The van der Waals surface area contributed by atoms with Gasteiger partial charge in [0.2, 0.25) is 0 Å². The van der Waals surface area contributed by atoms with Crippen LogP contribution in [0.5, 0.6) is 0 Å². The third kappa shape index (κ3) is 5.54. The van der Waals surface area contributed by atoms with Crippen LogP contribution in [0.3, 0.4) is 0 Å². The van der Waals surface area contributed by atoms with E-state index in [2.05, 4.69) is 26.1 Å². The zero-order chi connectivity index (χ0) is 24.1. The van der Waals surface area contributed by atoms with Crippen molar-refractivity contribution in [2.24, 2.45) is 0 Å². The predicted molar refractivity (Wildman–Crippen MR) is 134 cm³/mol. The number of imidazole rings is 1. The normalized spacial score (nSPS) is 17.9. The maximum atomic E-state index is 12.7. The number of ether oxygens (including phenoxy) is 1. The highest BCUT2D eigenvalue weighted by molar-refractivity contribution is 7.87. The molecule has 3 N–H and O–H groups in total. The fourth-order valence-corrected chi connectivity index (χ4v) is 6.28. The van der Waals surface area contributed by atoms with Crippen LogP contribution in [-0.4, -0.2) is 85.1 Å². The third-order valence-corrected chi connectivity index (χ3v) is 8.62. The number of fused-ring (bicyclic) bond motifs is 3. The Kier molecular flexibility index (Phi) is 8.41. The van der Waals surface area contributed by atoms with E-state index in [0.717, 1.165) is 87.3 Å². The standard InChI is InChI=1S/C23H39N7O3S/c1-3-28-13-15-29(16-14-28)34(31,32)25-11-6-7-12-30-20(10-17-33-2)27-21-22(30)18-8-4-5-9-19(18)26-23(21)24/h25H,3-17H2,1-2H3,(H2,24,26). The van der Waals surface area contributed by atoms with Gasteiger partial charge in [-0.25, -0.2) is 14.7 Å². The van der Waals surface area contributed by atoms with Gasteiger partial charge in [-0.3, -0.25) is 0 Å². The molecule has 0 spiro atoms. The molecule has 0 saturated carbocycles. The van der Waals surface area contributed by atoms with Gasteiger partial charge in [-0.2, -0.15) is 12.7 Å². The molecule has 3 heterocycles. The number of nitrogen functional groups attached to an aromatic ring is 1. The van der Waals surface area contributed by atoms with E-state index < -0.39 is 10.2 Å². The highest BCUT2D eigenvalue weighted by Gasteiger charge is 2.26. The van der Waals surface area contributed by atoms with E-state index in [-0.39, 0.29) is 0 Å². The number of unbranched alkanes of at least 4 members (excludes halogenated alkanes) is 1. The summed E-state index contributed by atoms with van der Waals surface area (Å²) in [6, 6.07) is 0. The average molecular weight is 494 g/mol. The number of nitrogens with two attached hydrogens (primary N) is 1. The third-order valence-electron chi connectivity index (χ3n) is 7.01. The van der Waals surface area contributed by atoms with Crippen LogP contribution >= 0.6 is 0 Å². The topological polar surface area (TPSA) is 119 Å². The van der Waals surface area contributed by atoms with Gasteiger partial charge in [-0.1, -0.05) is 6.92 Å². The van der Waals surface area contributed by atoms with E-state index >= 15 is 0 Å². The summed E-state index contributed by atoms with van der Waals surface area (Å²) < 4.78 is 37.3. The fourth-order valence-electron chi connectivity index (χ4n) is 5.05. The van der Waals surface area contributed by atoms with Gasteiger partial charge in [0, 0.05) is 58.5 Å². The molecule has 2 aromatic rings. The first-order chi connectivity index (χ1) is 16.4. The van der Waals surface area contributed by atoms with Gasteiger partial charge in [0.05, 0.1) is 12.1 Å². The van der Waals surface area contributed by atoms with Gasteiger partial charge >= 0.3 is 0 Å². The van der Waals surface area contributed by atoms with Crippen molar-refractivity contribution in [1.29, 1.82) is 0 Å². The zero-order valence-corrected chi connectivity index (χ0v) is 21.4. The SMILES string of the molecule is CCN1CCN(S(=O)(=O)NCCCCn2c(CCOC)nc3c(N)nc4c(c32)CCCC4)CC1.